The largest absolute Gasteiger partial charge is 0.366 e. The summed E-state index contributed by atoms with van der Waals surface area (Å²) in [4.78, 5) is 29.2. The molecule has 1 aliphatic heterocycles. The third-order valence-electron chi connectivity index (χ3n) is 5.81. The summed E-state index contributed by atoms with van der Waals surface area (Å²) < 4.78 is 0. The van der Waals surface area contributed by atoms with Crippen LogP contribution < -0.4 is 4.90 Å². The Balaban J connectivity index is 1.58. The van der Waals surface area contributed by atoms with Crippen LogP contribution >= 0.6 is 11.6 Å². The van der Waals surface area contributed by atoms with Crippen LogP contribution in [0.15, 0.2) is 48.5 Å². The fourth-order valence-electron chi connectivity index (χ4n) is 4.18. The third kappa shape index (κ3) is 6.11. The number of anilines is 1. The summed E-state index contributed by atoms with van der Waals surface area (Å²) in [7, 11) is 0. The van der Waals surface area contributed by atoms with Crippen molar-refractivity contribution in [2.75, 3.05) is 24.5 Å². The summed E-state index contributed by atoms with van der Waals surface area (Å²) in [6.45, 7) is 6.56. The molecule has 0 saturated carbocycles. The molecule has 0 spiro atoms. The topological polar surface area (TPSA) is 64.4 Å². The van der Waals surface area contributed by atoms with E-state index in [1.807, 2.05) is 47.4 Å². The van der Waals surface area contributed by atoms with E-state index in [1.54, 1.807) is 6.07 Å². The smallest absolute Gasteiger partial charge is 0.222 e. The lowest BCUT2D eigenvalue weighted by Gasteiger charge is -2.33. The van der Waals surface area contributed by atoms with Crippen molar-refractivity contribution in [1.82, 2.24) is 4.90 Å². The number of likely N-dealkylation sites (tertiary alicyclic amines) is 1. The Bertz CT molecular complexity index is 984. The highest BCUT2D eigenvalue weighted by molar-refractivity contribution is 6.32. The Morgan fingerprint density at radius 1 is 1.19 bits per heavy atom. The van der Waals surface area contributed by atoms with Gasteiger partial charge in [-0.3, -0.25) is 9.59 Å². The van der Waals surface area contributed by atoms with Gasteiger partial charge in [-0.05, 0) is 37.0 Å². The van der Waals surface area contributed by atoms with E-state index < -0.39 is 0 Å². The van der Waals surface area contributed by atoms with Crippen LogP contribution in [0.1, 0.15) is 55.5 Å². The Morgan fingerprint density at radius 3 is 2.59 bits per heavy atom. The first-order chi connectivity index (χ1) is 15.4. The maximum atomic E-state index is 12.8. The zero-order valence-electron chi connectivity index (χ0n) is 18.8. The molecule has 168 valence electrons. The number of Topliss-reactive ketones (excluding diaryl/α,β-unsaturated/α-hetero) is 1. The highest BCUT2D eigenvalue weighted by Crippen LogP contribution is 2.29. The molecule has 1 unspecified atom stereocenters. The van der Waals surface area contributed by atoms with Crippen LogP contribution in [0.5, 0.6) is 0 Å². The predicted molar refractivity (Wildman–Crippen MR) is 128 cm³/mol. The maximum Gasteiger partial charge on any atom is 0.222 e. The molecule has 2 aromatic rings. The number of nitriles is 1. The zero-order valence-corrected chi connectivity index (χ0v) is 19.5. The standard InChI is InChI=1S/C26H30ClN3O2/c1-19(2)17-30(22-12-11-21(16-28)24(27)15-22)23-13-14-29(18-23)26(32)10-6-9-25(31)20-7-4-3-5-8-20/h3-5,7-8,11-12,15,19,23H,6,9-10,13-14,17-18H2,1-2H3. The van der Waals surface area contributed by atoms with Gasteiger partial charge in [0.1, 0.15) is 6.07 Å². The number of rotatable bonds is 9. The number of halogens is 1. The first-order valence-electron chi connectivity index (χ1n) is 11.2. The molecule has 1 fully saturated rings. The summed E-state index contributed by atoms with van der Waals surface area (Å²) >= 11 is 6.28. The minimum Gasteiger partial charge on any atom is -0.366 e. The fourth-order valence-corrected chi connectivity index (χ4v) is 4.40. The number of hydrogen-bond acceptors (Lipinski definition) is 4. The van der Waals surface area contributed by atoms with Gasteiger partial charge in [-0.25, -0.2) is 0 Å². The lowest BCUT2D eigenvalue weighted by atomic mass is 10.1. The van der Waals surface area contributed by atoms with Gasteiger partial charge in [0.25, 0.3) is 0 Å². The predicted octanol–water partition coefficient (Wildman–Crippen LogP) is 5.33. The Kier molecular flexibility index (Phi) is 8.30. The summed E-state index contributed by atoms with van der Waals surface area (Å²) in [6.07, 6.45) is 2.22. The highest BCUT2D eigenvalue weighted by atomic mass is 35.5. The number of benzene rings is 2. The Morgan fingerprint density at radius 2 is 1.94 bits per heavy atom. The minimum absolute atomic E-state index is 0.0819. The Hall–Kier alpha value is -2.84. The van der Waals surface area contributed by atoms with Crippen molar-refractivity contribution in [3.8, 4) is 6.07 Å². The lowest BCUT2D eigenvalue weighted by Crippen LogP contribution is -2.41. The molecule has 3 rings (SSSR count). The van der Waals surface area contributed by atoms with Gasteiger partial charge in [0.15, 0.2) is 5.78 Å². The van der Waals surface area contributed by atoms with Gasteiger partial charge >= 0.3 is 0 Å². The van der Waals surface area contributed by atoms with Crippen molar-refractivity contribution in [3.63, 3.8) is 0 Å². The van der Waals surface area contributed by atoms with Crippen LogP contribution in [-0.4, -0.2) is 42.3 Å². The fraction of sp³-hybridized carbons (Fsp3) is 0.423. The van der Waals surface area contributed by atoms with Crippen LogP contribution in [0, 0.1) is 17.2 Å². The highest BCUT2D eigenvalue weighted by Gasteiger charge is 2.31. The van der Waals surface area contributed by atoms with Crippen LogP contribution in [-0.2, 0) is 4.79 Å². The molecule has 6 heteroatoms. The number of amides is 1. The number of carbonyl (C=O) groups is 2. The number of nitrogens with zero attached hydrogens (tertiary/aromatic N) is 3. The van der Waals surface area contributed by atoms with E-state index in [4.69, 9.17) is 16.9 Å². The molecule has 2 aromatic carbocycles. The molecule has 0 aromatic heterocycles. The van der Waals surface area contributed by atoms with E-state index in [1.165, 1.54) is 0 Å². The van der Waals surface area contributed by atoms with E-state index in [0.717, 1.165) is 25.2 Å². The van der Waals surface area contributed by atoms with Crippen molar-refractivity contribution < 1.29 is 9.59 Å². The summed E-state index contributed by atoms with van der Waals surface area (Å²) in [5.74, 6) is 0.632. The van der Waals surface area contributed by atoms with E-state index >= 15 is 0 Å². The molecule has 1 amide bonds. The van der Waals surface area contributed by atoms with Crippen molar-refractivity contribution in [2.24, 2.45) is 5.92 Å². The molecule has 1 aliphatic rings. The summed E-state index contributed by atoms with van der Waals surface area (Å²) in [5.41, 5.74) is 2.15. The minimum atomic E-state index is 0.0819. The van der Waals surface area contributed by atoms with Gasteiger partial charge in [0, 0.05) is 49.8 Å². The number of ketones is 1. The van der Waals surface area contributed by atoms with Crippen LogP contribution in [0.4, 0.5) is 5.69 Å². The quantitative estimate of drug-likeness (QED) is 0.483. The lowest BCUT2D eigenvalue weighted by molar-refractivity contribution is -0.130. The van der Waals surface area contributed by atoms with Gasteiger partial charge < -0.3 is 9.80 Å². The van der Waals surface area contributed by atoms with Gasteiger partial charge in [-0.1, -0.05) is 55.8 Å². The van der Waals surface area contributed by atoms with Crippen LogP contribution in [0.25, 0.3) is 0 Å². The van der Waals surface area contributed by atoms with Gasteiger partial charge in [0.2, 0.25) is 5.91 Å². The molecule has 0 N–H and O–H groups in total. The molecule has 0 aliphatic carbocycles. The van der Waals surface area contributed by atoms with Gasteiger partial charge in [0.05, 0.1) is 10.6 Å². The van der Waals surface area contributed by atoms with Crippen molar-refractivity contribution >= 4 is 29.0 Å². The van der Waals surface area contributed by atoms with Crippen molar-refractivity contribution in [1.29, 1.82) is 5.26 Å². The first kappa shape index (κ1) is 23.8. The second-order valence-electron chi connectivity index (χ2n) is 8.75. The normalized spacial score (nSPS) is 15.6. The van der Waals surface area contributed by atoms with Crippen molar-refractivity contribution in [3.05, 3.63) is 64.7 Å². The van der Waals surface area contributed by atoms with Gasteiger partial charge in [-0.15, -0.1) is 0 Å². The van der Waals surface area contributed by atoms with E-state index in [2.05, 4.69) is 24.8 Å². The van der Waals surface area contributed by atoms with E-state index in [0.29, 0.717) is 47.9 Å². The molecule has 1 heterocycles. The number of hydrogen-bond donors (Lipinski definition) is 0. The van der Waals surface area contributed by atoms with Crippen molar-refractivity contribution in [2.45, 2.75) is 45.6 Å². The second-order valence-corrected chi connectivity index (χ2v) is 9.15. The molecule has 1 saturated heterocycles. The molecule has 0 bridgehead atoms. The molecular formula is C26H30ClN3O2. The van der Waals surface area contributed by atoms with Crippen LogP contribution in [0.3, 0.4) is 0 Å². The molecule has 0 radical (unpaired) electrons. The third-order valence-corrected chi connectivity index (χ3v) is 6.13. The first-order valence-corrected chi connectivity index (χ1v) is 11.6. The van der Waals surface area contributed by atoms with E-state index in [9.17, 15) is 9.59 Å². The summed E-state index contributed by atoms with van der Waals surface area (Å²) in [5, 5.41) is 9.61. The second kappa shape index (κ2) is 11.2. The SMILES string of the molecule is CC(C)CN(c1ccc(C#N)c(Cl)c1)C1CCN(C(=O)CCCC(=O)c2ccccc2)C1. The molecule has 5 nitrogen and oxygen atoms in total. The van der Waals surface area contributed by atoms with Crippen LogP contribution in [0.2, 0.25) is 5.02 Å². The maximum absolute atomic E-state index is 12.8. The zero-order chi connectivity index (χ0) is 23.1. The molecular weight excluding hydrogens is 422 g/mol. The van der Waals surface area contributed by atoms with E-state index in [-0.39, 0.29) is 17.7 Å². The monoisotopic (exact) mass is 451 g/mol. The Labute approximate surface area is 195 Å². The molecule has 32 heavy (non-hydrogen) atoms. The average Bonchev–Trinajstić information content (AvgIpc) is 3.28. The number of carbonyl (C=O) groups excluding carboxylic acids is 2. The molecule has 1 atom stereocenters. The van der Waals surface area contributed by atoms with Gasteiger partial charge in [-0.2, -0.15) is 5.26 Å². The average molecular weight is 452 g/mol. The summed E-state index contributed by atoms with van der Waals surface area (Å²) in [6, 6.07) is 17.1.